The molecule has 1 saturated carbocycles. The van der Waals surface area contributed by atoms with Crippen LogP contribution in [0.4, 0.5) is 0 Å². The average Bonchev–Trinajstić information content (AvgIpc) is 2.76. The van der Waals surface area contributed by atoms with Gasteiger partial charge in [0.05, 0.1) is 18.8 Å². The number of aliphatic hydroxyl groups is 1. The normalized spacial score (nSPS) is 35.3. The summed E-state index contributed by atoms with van der Waals surface area (Å²) in [7, 11) is 0. The van der Waals surface area contributed by atoms with E-state index in [2.05, 4.69) is 17.1 Å². The highest BCUT2D eigenvalue weighted by molar-refractivity contribution is 4.79. The van der Waals surface area contributed by atoms with E-state index in [0.29, 0.717) is 12.0 Å². The summed E-state index contributed by atoms with van der Waals surface area (Å²) in [5.74, 6) is 0.459. The minimum absolute atomic E-state index is 0.0816. The van der Waals surface area contributed by atoms with E-state index in [4.69, 9.17) is 4.74 Å². The number of hydrogen-bond donors (Lipinski definition) is 2. The summed E-state index contributed by atoms with van der Waals surface area (Å²) in [6, 6.07) is 0. The molecule has 4 heteroatoms. The average molecular weight is 242 g/mol. The molecule has 0 amide bonds. The van der Waals surface area contributed by atoms with E-state index in [1.165, 1.54) is 12.8 Å². The van der Waals surface area contributed by atoms with Crippen LogP contribution in [0.5, 0.6) is 0 Å². The molecule has 3 unspecified atom stereocenters. The molecule has 0 aromatic rings. The molecule has 2 rings (SSSR count). The van der Waals surface area contributed by atoms with Crippen LogP contribution in [0.1, 0.15) is 26.2 Å². The fourth-order valence-corrected chi connectivity index (χ4v) is 2.88. The Morgan fingerprint density at radius 1 is 1.35 bits per heavy atom. The van der Waals surface area contributed by atoms with Gasteiger partial charge in [-0.1, -0.05) is 13.3 Å². The summed E-state index contributed by atoms with van der Waals surface area (Å²) in [6.45, 7) is 8.12. The molecule has 1 aliphatic carbocycles. The van der Waals surface area contributed by atoms with Gasteiger partial charge in [-0.15, -0.1) is 0 Å². The van der Waals surface area contributed by atoms with Gasteiger partial charge in [-0.2, -0.15) is 0 Å². The zero-order valence-corrected chi connectivity index (χ0v) is 10.9. The van der Waals surface area contributed by atoms with E-state index in [-0.39, 0.29) is 6.10 Å². The van der Waals surface area contributed by atoms with Crippen LogP contribution < -0.4 is 5.32 Å². The number of morpholine rings is 1. The number of nitrogens with zero attached hydrogens (tertiary/aromatic N) is 1. The molecular formula is C13H26N2O2. The van der Waals surface area contributed by atoms with Gasteiger partial charge in [0.1, 0.15) is 0 Å². The third kappa shape index (κ3) is 3.91. The maximum Gasteiger partial charge on any atom is 0.0826 e. The zero-order chi connectivity index (χ0) is 12.1. The smallest absolute Gasteiger partial charge is 0.0826 e. The summed E-state index contributed by atoms with van der Waals surface area (Å²) in [5.41, 5.74) is 0. The minimum atomic E-state index is -0.0816. The molecule has 0 aromatic heterocycles. The van der Waals surface area contributed by atoms with Gasteiger partial charge in [0.2, 0.25) is 0 Å². The predicted molar refractivity (Wildman–Crippen MR) is 68.1 cm³/mol. The molecule has 4 nitrogen and oxygen atoms in total. The quantitative estimate of drug-likeness (QED) is 0.735. The first-order valence-electron chi connectivity index (χ1n) is 7.02. The van der Waals surface area contributed by atoms with E-state index in [1.807, 2.05) is 0 Å². The summed E-state index contributed by atoms with van der Waals surface area (Å²) >= 11 is 0. The molecule has 100 valence electrons. The summed E-state index contributed by atoms with van der Waals surface area (Å²) in [6.07, 6.45) is 3.57. The molecule has 1 saturated heterocycles. The highest BCUT2D eigenvalue weighted by atomic mass is 16.5. The number of aliphatic hydroxyl groups excluding tert-OH is 1. The Bertz CT molecular complexity index is 225. The van der Waals surface area contributed by atoms with Crippen molar-refractivity contribution in [3.8, 4) is 0 Å². The van der Waals surface area contributed by atoms with Crippen molar-refractivity contribution in [1.82, 2.24) is 10.2 Å². The Labute approximate surface area is 104 Å². The third-order valence-corrected chi connectivity index (χ3v) is 4.07. The van der Waals surface area contributed by atoms with Crippen LogP contribution in [-0.4, -0.2) is 61.5 Å². The fraction of sp³-hybridized carbons (Fsp3) is 1.00. The van der Waals surface area contributed by atoms with Crippen LogP contribution in [0.2, 0.25) is 0 Å². The van der Waals surface area contributed by atoms with Gasteiger partial charge in [-0.3, -0.25) is 4.90 Å². The summed E-state index contributed by atoms with van der Waals surface area (Å²) in [4.78, 5) is 2.43. The highest BCUT2D eigenvalue weighted by Gasteiger charge is 2.25. The molecule has 1 heterocycles. The number of hydrogen-bond acceptors (Lipinski definition) is 4. The lowest BCUT2D eigenvalue weighted by molar-refractivity contribution is -0.0259. The van der Waals surface area contributed by atoms with E-state index in [0.717, 1.165) is 45.8 Å². The topological polar surface area (TPSA) is 44.7 Å². The van der Waals surface area contributed by atoms with Gasteiger partial charge in [0.15, 0.2) is 0 Å². The second-order valence-electron chi connectivity index (χ2n) is 5.30. The Hall–Kier alpha value is -0.160. The lowest BCUT2D eigenvalue weighted by Crippen LogP contribution is -2.47. The monoisotopic (exact) mass is 242 g/mol. The molecule has 3 atom stereocenters. The van der Waals surface area contributed by atoms with Crippen molar-refractivity contribution in [2.24, 2.45) is 5.92 Å². The van der Waals surface area contributed by atoms with Gasteiger partial charge in [0, 0.05) is 26.2 Å². The first kappa shape index (κ1) is 13.3. The lowest BCUT2D eigenvalue weighted by Gasteiger charge is -2.32. The zero-order valence-electron chi connectivity index (χ0n) is 10.9. The third-order valence-electron chi connectivity index (χ3n) is 4.07. The van der Waals surface area contributed by atoms with Gasteiger partial charge in [-0.05, 0) is 25.3 Å². The maximum atomic E-state index is 9.73. The van der Waals surface area contributed by atoms with E-state index < -0.39 is 0 Å². The molecule has 0 bridgehead atoms. The number of rotatable bonds is 5. The Balaban J connectivity index is 1.61. The van der Waals surface area contributed by atoms with Gasteiger partial charge in [0.25, 0.3) is 0 Å². The van der Waals surface area contributed by atoms with E-state index in [9.17, 15) is 5.11 Å². The fourth-order valence-electron chi connectivity index (χ4n) is 2.88. The largest absolute Gasteiger partial charge is 0.393 e. The van der Waals surface area contributed by atoms with Crippen LogP contribution in [0.3, 0.4) is 0 Å². The maximum absolute atomic E-state index is 9.73. The van der Waals surface area contributed by atoms with Gasteiger partial charge >= 0.3 is 0 Å². The molecule has 2 aliphatic rings. The number of likely N-dealkylation sites (N-methyl/N-ethyl adjacent to an activating group) is 1. The first-order valence-corrected chi connectivity index (χ1v) is 7.02. The minimum Gasteiger partial charge on any atom is -0.393 e. The second-order valence-corrected chi connectivity index (χ2v) is 5.30. The van der Waals surface area contributed by atoms with Crippen LogP contribution in [0.25, 0.3) is 0 Å². The summed E-state index contributed by atoms with van der Waals surface area (Å²) in [5, 5.41) is 13.2. The number of ether oxygens (including phenoxy) is 1. The first-order chi connectivity index (χ1) is 8.29. The Kier molecular flexibility index (Phi) is 5.22. The van der Waals surface area contributed by atoms with E-state index >= 15 is 0 Å². The van der Waals surface area contributed by atoms with Crippen molar-refractivity contribution in [2.45, 2.75) is 38.4 Å². The van der Waals surface area contributed by atoms with Gasteiger partial charge < -0.3 is 15.2 Å². The van der Waals surface area contributed by atoms with Crippen LogP contribution in [-0.2, 0) is 4.74 Å². The van der Waals surface area contributed by atoms with Crippen LogP contribution >= 0.6 is 0 Å². The number of nitrogens with one attached hydrogen (secondary N) is 1. The molecular weight excluding hydrogens is 216 g/mol. The van der Waals surface area contributed by atoms with Crippen LogP contribution in [0, 0.1) is 5.92 Å². The molecule has 0 spiro atoms. The van der Waals surface area contributed by atoms with Crippen molar-refractivity contribution in [2.75, 3.05) is 39.3 Å². The Morgan fingerprint density at radius 3 is 2.94 bits per heavy atom. The van der Waals surface area contributed by atoms with Crippen molar-refractivity contribution in [1.29, 1.82) is 0 Å². The molecule has 2 N–H and O–H groups in total. The molecule has 0 radical (unpaired) electrons. The van der Waals surface area contributed by atoms with Crippen molar-refractivity contribution < 1.29 is 9.84 Å². The second kappa shape index (κ2) is 6.69. The molecule has 1 aliphatic heterocycles. The Morgan fingerprint density at radius 2 is 2.24 bits per heavy atom. The summed E-state index contributed by atoms with van der Waals surface area (Å²) < 4.78 is 5.73. The molecule has 2 fully saturated rings. The van der Waals surface area contributed by atoms with Gasteiger partial charge in [-0.25, -0.2) is 0 Å². The van der Waals surface area contributed by atoms with Crippen LogP contribution in [0.15, 0.2) is 0 Å². The van der Waals surface area contributed by atoms with Crippen molar-refractivity contribution in [3.63, 3.8) is 0 Å². The molecule has 17 heavy (non-hydrogen) atoms. The lowest BCUT2D eigenvalue weighted by atomic mass is 10.1. The van der Waals surface area contributed by atoms with Crippen molar-refractivity contribution >= 4 is 0 Å². The predicted octanol–water partition coefficient (Wildman–Crippen LogP) is 0.458. The SMILES string of the molecule is CCN1CCOC(CNCC2CCCC2O)C1. The molecule has 0 aromatic carbocycles. The van der Waals surface area contributed by atoms with E-state index in [1.54, 1.807) is 0 Å². The van der Waals surface area contributed by atoms with Crippen molar-refractivity contribution in [3.05, 3.63) is 0 Å². The highest BCUT2D eigenvalue weighted by Crippen LogP contribution is 2.24. The standard InChI is InChI=1S/C13H26N2O2/c1-2-15-6-7-17-12(10-15)9-14-8-11-4-3-5-13(11)16/h11-14,16H,2-10H2,1H3.